The molecule has 0 saturated heterocycles. The molecule has 0 aliphatic heterocycles. The Kier molecular flexibility index (Phi) is 8.17. The van der Waals surface area contributed by atoms with Crippen molar-refractivity contribution in [2.75, 3.05) is 0 Å². The molecule has 0 radical (unpaired) electrons. The van der Waals surface area contributed by atoms with Crippen molar-refractivity contribution in [3.8, 4) is 76.9 Å². The fourth-order valence-corrected chi connectivity index (χ4v) is 9.63. The van der Waals surface area contributed by atoms with Crippen LogP contribution in [0.3, 0.4) is 0 Å². The number of benzene rings is 6. The highest BCUT2D eigenvalue weighted by atomic mass is 32.1. The Labute approximate surface area is 320 Å². The molecule has 4 aromatic heterocycles. The Morgan fingerprint density at radius 2 is 0.907 bits per heavy atom. The lowest BCUT2D eigenvalue weighted by atomic mass is 9.82. The Hall–Kier alpha value is -6.60. The van der Waals surface area contributed by atoms with Crippen LogP contribution in [0.5, 0.6) is 0 Å². The van der Waals surface area contributed by atoms with Crippen molar-refractivity contribution >= 4 is 42.8 Å². The Bertz CT molecular complexity index is 2850. The highest BCUT2D eigenvalue weighted by Crippen LogP contribution is 2.55. The van der Waals surface area contributed by atoms with E-state index in [0.717, 1.165) is 76.9 Å². The maximum absolute atomic E-state index is 5.05. The summed E-state index contributed by atoms with van der Waals surface area (Å²) in [5, 5.41) is 16.8. The molecule has 0 bridgehead atoms. The average Bonchev–Trinajstić information content (AvgIpc) is 3.89. The van der Waals surface area contributed by atoms with Gasteiger partial charge in [-0.1, -0.05) is 133 Å². The van der Waals surface area contributed by atoms with Gasteiger partial charge in [0.1, 0.15) is 11.4 Å². The lowest BCUT2D eigenvalue weighted by molar-refractivity contribution is 0.879. The van der Waals surface area contributed by atoms with E-state index < -0.39 is 0 Å². The zero-order valence-corrected chi connectivity index (χ0v) is 30.6. The summed E-state index contributed by atoms with van der Waals surface area (Å²) in [7, 11) is 0. The third-order valence-corrected chi connectivity index (χ3v) is 12.1. The van der Waals surface area contributed by atoms with Crippen molar-refractivity contribution in [2.45, 2.75) is 0 Å². The molecular formula is C48H30N4S2. The van der Waals surface area contributed by atoms with Gasteiger partial charge < -0.3 is 0 Å². The van der Waals surface area contributed by atoms with Gasteiger partial charge in [0.05, 0.1) is 5.69 Å². The first-order valence-corrected chi connectivity index (χ1v) is 19.4. The average molecular weight is 727 g/mol. The molecule has 4 nitrogen and oxygen atoms in total. The van der Waals surface area contributed by atoms with Crippen LogP contribution < -0.4 is 0 Å². The fraction of sp³-hybridized carbons (Fsp3) is 0. The molecule has 10 aromatic rings. The summed E-state index contributed by atoms with van der Waals surface area (Å²) in [4.78, 5) is 7.30. The highest BCUT2D eigenvalue weighted by Gasteiger charge is 2.30. The van der Waals surface area contributed by atoms with Gasteiger partial charge in [0.15, 0.2) is 0 Å². The summed E-state index contributed by atoms with van der Waals surface area (Å²) in [6, 6.07) is 61.8. The Morgan fingerprint density at radius 1 is 0.370 bits per heavy atom. The van der Waals surface area contributed by atoms with Crippen LogP contribution >= 0.6 is 22.7 Å². The van der Waals surface area contributed by atoms with Crippen LogP contribution in [0.4, 0.5) is 0 Å². The summed E-state index contributed by atoms with van der Waals surface area (Å²) in [5.74, 6) is 0. The minimum Gasteiger partial charge on any atom is -0.256 e. The van der Waals surface area contributed by atoms with Crippen LogP contribution in [-0.2, 0) is 0 Å². The van der Waals surface area contributed by atoms with Gasteiger partial charge in [-0.25, -0.2) is 0 Å². The number of fused-ring (bicyclic) bond motifs is 2. The molecule has 0 spiro atoms. The standard InChI is InChI=1S/C48H30N4S2/c1-4-16-31(17-5-1)36-30-37(38-24-14-15-27-49-38)44(41-28-34-22-10-12-25-39(34)53-41)46(42-29-35-23-11-13-26-40(35)54-42)45(36)48-43(32-18-6-2-7-19-32)47(50-52-51-48)33-20-8-3-9-21-33/h1-30H. The first-order valence-electron chi connectivity index (χ1n) is 17.8. The van der Waals surface area contributed by atoms with Crippen LogP contribution in [0.15, 0.2) is 182 Å². The molecule has 10 rings (SSSR count). The minimum absolute atomic E-state index is 0.774. The van der Waals surface area contributed by atoms with Crippen molar-refractivity contribution < 1.29 is 0 Å². The van der Waals surface area contributed by atoms with Crippen molar-refractivity contribution in [1.29, 1.82) is 0 Å². The molecule has 6 aromatic carbocycles. The van der Waals surface area contributed by atoms with Crippen LogP contribution in [-0.4, -0.2) is 20.4 Å². The van der Waals surface area contributed by atoms with Crippen LogP contribution in [0.1, 0.15) is 0 Å². The van der Waals surface area contributed by atoms with Gasteiger partial charge in [-0.05, 0) is 75.1 Å². The zero-order chi connectivity index (χ0) is 35.8. The second-order valence-electron chi connectivity index (χ2n) is 13.1. The van der Waals surface area contributed by atoms with E-state index in [1.165, 1.54) is 20.2 Å². The van der Waals surface area contributed by atoms with E-state index in [1.807, 2.05) is 47.9 Å². The molecule has 0 amide bonds. The van der Waals surface area contributed by atoms with E-state index in [2.05, 4.69) is 151 Å². The maximum Gasteiger partial charge on any atom is 0.106 e. The van der Waals surface area contributed by atoms with E-state index in [1.54, 1.807) is 11.3 Å². The first kappa shape index (κ1) is 32.1. The summed E-state index contributed by atoms with van der Waals surface area (Å²) in [6.07, 6.45) is 1.88. The molecule has 0 N–H and O–H groups in total. The van der Waals surface area contributed by atoms with Crippen molar-refractivity contribution in [3.05, 3.63) is 182 Å². The lowest BCUT2D eigenvalue weighted by Gasteiger charge is -2.23. The van der Waals surface area contributed by atoms with Crippen molar-refractivity contribution in [1.82, 2.24) is 20.4 Å². The number of hydrogen-bond donors (Lipinski definition) is 0. The molecule has 0 aliphatic carbocycles. The summed E-state index contributed by atoms with van der Waals surface area (Å²) in [5.41, 5.74) is 11.8. The summed E-state index contributed by atoms with van der Waals surface area (Å²) >= 11 is 3.61. The number of aromatic nitrogens is 4. The zero-order valence-electron chi connectivity index (χ0n) is 28.9. The smallest absolute Gasteiger partial charge is 0.106 e. The predicted molar refractivity (Wildman–Crippen MR) is 226 cm³/mol. The number of thiophene rings is 2. The third kappa shape index (κ3) is 5.69. The SMILES string of the molecule is c1ccc(-c2cc(-c3ccccn3)c(-c3cc4ccccc4s3)c(-c3cc4ccccc4s3)c2-c2nnnc(-c3ccccc3)c2-c2ccccc2)cc1. The van der Waals surface area contributed by atoms with Crippen molar-refractivity contribution in [2.24, 2.45) is 0 Å². The van der Waals surface area contributed by atoms with Gasteiger partial charge in [0.2, 0.25) is 0 Å². The molecule has 54 heavy (non-hydrogen) atoms. The molecule has 0 fully saturated rings. The first-order chi connectivity index (χ1) is 26.8. The quantitative estimate of drug-likeness (QED) is 0.164. The molecule has 0 atom stereocenters. The van der Waals surface area contributed by atoms with E-state index in [4.69, 9.17) is 15.2 Å². The largest absolute Gasteiger partial charge is 0.256 e. The van der Waals surface area contributed by atoms with Gasteiger partial charge in [0, 0.05) is 58.7 Å². The maximum atomic E-state index is 5.05. The molecule has 6 heteroatoms. The summed E-state index contributed by atoms with van der Waals surface area (Å²) < 4.78 is 2.45. The lowest BCUT2D eigenvalue weighted by Crippen LogP contribution is -2.04. The number of nitrogens with zero attached hydrogens (tertiary/aromatic N) is 4. The van der Waals surface area contributed by atoms with Gasteiger partial charge in [-0.2, -0.15) is 0 Å². The van der Waals surface area contributed by atoms with E-state index in [0.29, 0.717) is 0 Å². The molecule has 0 unspecified atom stereocenters. The van der Waals surface area contributed by atoms with Gasteiger partial charge in [-0.15, -0.1) is 32.9 Å². The molecule has 0 aliphatic rings. The van der Waals surface area contributed by atoms with Gasteiger partial charge >= 0.3 is 0 Å². The van der Waals surface area contributed by atoms with Crippen LogP contribution in [0.2, 0.25) is 0 Å². The normalized spacial score (nSPS) is 11.3. The molecule has 4 heterocycles. The highest BCUT2D eigenvalue weighted by molar-refractivity contribution is 7.23. The van der Waals surface area contributed by atoms with Gasteiger partial charge in [0.25, 0.3) is 0 Å². The van der Waals surface area contributed by atoms with Crippen LogP contribution in [0.25, 0.3) is 97.1 Å². The molecule has 0 saturated carbocycles. The molecular weight excluding hydrogens is 697 g/mol. The Balaban J connectivity index is 1.44. The molecule has 254 valence electrons. The number of hydrogen-bond acceptors (Lipinski definition) is 6. The van der Waals surface area contributed by atoms with E-state index in [-0.39, 0.29) is 0 Å². The predicted octanol–water partition coefficient (Wildman–Crippen LogP) is 13.4. The van der Waals surface area contributed by atoms with E-state index >= 15 is 0 Å². The second kappa shape index (κ2) is 13.7. The topological polar surface area (TPSA) is 51.6 Å². The fourth-order valence-electron chi connectivity index (χ4n) is 7.39. The monoisotopic (exact) mass is 726 g/mol. The number of pyridine rings is 1. The van der Waals surface area contributed by atoms with Gasteiger partial charge in [-0.3, -0.25) is 4.98 Å². The number of rotatable bonds is 7. The second-order valence-corrected chi connectivity index (χ2v) is 15.2. The minimum atomic E-state index is 0.774. The third-order valence-electron chi connectivity index (χ3n) is 9.81. The van der Waals surface area contributed by atoms with E-state index in [9.17, 15) is 0 Å². The Morgan fingerprint density at radius 3 is 1.52 bits per heavy atom. The summed E-state index contributed by atoms with van der Waals surface area (Å²) in [6.45, 7) is 0. The van der Waals surface area contributed by atoms with Crippen molar-refractivity contribution in [3.63, 3.8) is 0 Å². The van der Waals surface area contributed by atoms with Crippen LogP contribution in [0, 0.1) is 0 Å².